The quantitative estimate of drug-likeness (QED) is 0.729. The molecule has 1 aliphatic rings. The van der Waals surface area contributed by atoms with E-state index in [1.165, 1.54) is 12.1 Å². The Kier molecular flexibility index (Phi) is 2.55. The number of hydrogen-bond donors (Lipinski definition) is 1. The normalized spacial score (nSPS) is 13.1. The second-order valence-corrected chi connectivity index (χ2v) is 4.23. The number of carbonyl (C=O) groups is 1. The molecule has 2 aromatic rings. The Morgan fingerprint density at radius 3 is 3.05 bits per heavy atom. The van der Waals surface area contributed by atoms with Crippen molar-refractivity contribution in [2.75, 3.05) is 6.61 Å². The molecule has 0 atom stereocenters. The van der Waals surface area contributed by atoms with E-state index in [0.29, 0.717) is 30.3 Å². The zero-order chi connectivity index (χ0) is 13.6. The van der Waals surface area contributed by atoms with Crippen LogP contribution in [0.15, 0.2) is 18.3 Å². The number of amides is 1. The summed E-state index contributed by atoms with van der Waals surface area (Å²) in [6, 6.07) is 2.67. The van der Waals surface area contributed by atoms with Gasteiger partial charge in [0.2, 0.25) is 0 Å². The van der Waals surface area contributed by atoms with Crippen LogP contribution in [-0.2, 0) is 6.54 Å². The highest BCUT2D eigenvalue weighted by atomic mass is 19.1. The molecule has 0 unspecified atom stereocenters. The van der Waals surface area contributed by atoms with Crippen molar-refractivity contribution in [2.45, 2.75) is 6.54 Å². The van der Waals surface area contributed by atoms with Gasteiger partial charge >= 0.3 is 0 Å². The van der Waals surface area contributed by atoms with E-state index in [2.05, 4.69) is 4.98 Å². The number of aromatic nitrogens is 2. The zero-order valence-corrected chi connectivity index (χ0v) is 9.89. The minimum absolute atomic E-state index is 0.000532. The summed E-state index contributed by atoms with van der Waals surface area (Å²) < 4.78 is 20.6. The molecule has 3 rings (SSSR count). The van der Waals surface area contributed by atoms with Crippen molar-refractivity contribution in [1.29, 1.82) is 0 Å². The van der Waals surface area contributed by atoms with Gasteiger partial charge in [0.1, 0.15) is 37.5 Å². The minimum atomic E-state index is -0.613. The predicted octanol–water partition coefficient (Wildman–Crippen LogP) is -0.0257. The predicted molar refractivity (Wildman–Crippen MR) is 67.0 cm³/mol. The first-order chi connectivity index (χ1) is 9.06. The van der Waals surface area contributed by atoms with Crippen LogP contribution in [0.1, 0.15) is 10.5 Å². The van der Waals surface area contributed by atoms with Gasteiger partial charge in [0.05, 0.1) is 12.1 Å². The molecule has 2 radical (unpaired) electrons. The summed E-state index contributed by atoms with van der Waals surface area (Å²) in [5.41, 5.74) is 5.91. The number of imidazole rings is 1. The summed E-state index contributed by atoms with van der Waals surface area (Å²) in [6.45, 7) is 0.837. The second kappa shape index (κ2) is 4.12. The lowest BCUT2D eigenvalue weighted by Crippen LogP contribution is -2.12. The first-order valence-corrected chi connectivity index (χ1v) is 5.65. The van der Waals surface area contributed by atoms with Gasteiger partial charge in [-0.25, -0.2) is 9.37 Å². The van der Waals surface area contributed by atoms with E-state index in [1.54, 1.807) is 10.8 Å². The maximum atomic E-state index is 13.4. The second-order valence-electron chi connectivity index (χ2n) is 4.23. The Hall–Kier alpha value is -2.31. The van der Waals surface area contributed by atoms with Crippen molar-refractivity contribution in [3.05, 3.63) is 29.8 Å². The van der Waals surface area contributed by atoms with Crippen molar-refractivity contribution in [2.24, 2.45) is 5.73 Å². The molecule has 0 saturated carbocycles. The number of benzene rings is 1. The summed E-state index contributed by atoms with van der Waals surface area (Å²) in [7, 11) is 5.56. The first kappa shape index (κ1) is 11.8. The number of ether oxygens (including phenoxy) is 1. The van der Waals surface area contributed by atoms with Crippen LogP contribution in [-0.4, -0.2) is 29.9 Å². The minimum Gasteiger partial charge on any atom is -0.491 e. The average molecular weight is 257 g/mol. The molecular formula is C12H9BFN3O2. The lowest BCUT2D eigenvalue weighted by molar-refractivity contribution is 0.0996. The molecule has 0 bridgehead atoms. The molecular weight excluding hydrogens is 248 g/mol. The molecule has 2 N–H and O–H groups in total. The first-order valence-electron chi connectivity index (χ1n) is 5.65. The van der Waals surface area contributed by atoms with Crippen LogP contribution in [0, 0.1) is 5.82 Å². The average Bonchev–Trinajstić information content (AvgIpc) is 2.71. The van der Waals surface area contributed by atoms with Crippen LogP contribution in [0.25, 0.3) is 11.4 Å². The maximum absolute atomic E-state index is 13.4. The molecule has 1 aliphatic heterocycles. The van der Waals surface area contributed by atoms with Gasteiger partial charge < -0.3 is 15.0 Å². The molecule has 1 aromatic carbocycles. The van der Waals surface area contributed by atoms with Crippen molar-refractivity contribution in [3.63, 3.8) is 0 Å². The summed E-state index contributed by atoms with van der Waals surface area (Å²) in [6.07, 6.45) is 1.55. The van der Waals surface area contributed by atoms with Gasteiger partial charge in [-0.1, -0.05) is 11.5 Å². The van der Waals surface area contributed by atoms with Crippen molar-refractivity contribution >= 4 is 19.2 Å². The van der Waals surface area contributed by atoms with E-state index in [-0.39, 0.29) is 11.2 Å². The molecule has 0 spiro atoms. The Bertz CT molecular complexity index is 684. The van der Waals surface area contributed by atoms with E-state index >= 15 is 0 Å². The van der Waals surface area contributed by atoms with E-state index in [9.17, 15) is 9.18 Å². The molecule has 1 aromatic heterocycles. The van der Waals surface area contributed by atoms with Gasteiger partial charge in [-0.3, -0.25) is 4.79 Å². The third kappa shape index (κ3) is 1.87. The zero-order valence-electron chi connectivity index (χ0n) is 9.89. The molecule has 7 heteroatoms. The number of rotatable bonds is 1. The molecule has 2 heterocycles. The number of fused-ring (bicyclic) bond motifs is 3. The monoisotopic (exact) mass is 257 g/mol. The van der Waals surface area contributed by atoms with Gasteiger partial charge in [-0.2, -0.15) is 0 Å². The van der Waals surface area contributed by atoms with Crippen LogP contribution in [0.4, 0.5) is 4.39 Å². The van der Waals surface area contributed by atoms with Crippen LogP contribution in [0.3, 0.4) is 0 Å². The van der Waals surface area contributed by atoms with E-state index < -0.39 is 11.7 Å². The highest BCUT2D eigenvalue weighted by molar-refractivity contribution is 6.32. The fourth-order valence-corrected chi connectivity index (χ4v) is 2.04. The SMILES string of the molecule is [B]c1cc2c(cc1F)OCCn1cc(C(N)=O)nc1-2. The van der Waals surface area contributed by atoms with Gasteiger partial charge in [-0.05, 0) is 0 Å². The van der Waals surface area contributed by atoms with Gasteiger partial charge in [0.15, 0.2) is 0 Å². The van der Waals surface area contributed by atoms with E-state index in [1.807, 2.05) is 0 Å². The highest BCUT2D eigenvalue weighted by Gasteiger charge is 2.21. The van der Waals surface area contributed by atoms with Crippen molar-refractivity contribution in [1.82, 2.24) is 9.55 Å². The number of hydrogen-bond acceptors (Lipinski definition) is 3. The largest absolute Gasteiger partial charge is 0.491 e. The Morgan fingerprint density at radius 1 is 1.53 bits per heavy atom. The number of nitrogens with two attached hydrogens (primary N) is 1. The van der Waals surface area contributed by atoms with Crippen LogP contribution in [0.2, 0.25) is 0 Å². The third-order valence-electron chi connectivity index (χ3n) is 2.96. The lowest BCUT2D eigenvalue weighted by atomic mass is 9.93. The van der Waals surface area contributed by atoms with E-state index in [4.69, 9.17) is 18.3 Å². The van der Waals surface area contributed by atoms with Crippen molar-refractivity contribution in [3.8, 4) is 17.1 Å². The Labute approximate surface area is 109 Å². The summed E-state index contributed by atoms with van der Waals surface area (Å²) in [5.74, 6) is -0.313. The highest BCUT2D eigenvalue weighted by Crippen LogP contribution is 2.31. The molecule has 1 amide bonds. The molecule has 0 fully saturated rings. The number of halogens is 1. The Balaban J connectivity index is 2.23. The van der Waals surface area contributed by atoms with Gasteiger partial charge in [0, 0.05) is 12.3 Å². The van der Waals surface area contributed by atoms with Gasteiger partial charge in [-0.15, -0.1) is 0 Å². The van der Waals surface area contributed by atoms with Crippen LogP contribution in [0.5, 0.6) is 5.75 Å². The molecule has 19 heavy (non-hydrogen) atoms. The molecule has 0 aliphatic carbocycles. The fraction of sp³-hybridized carbons (Fsp3) is 0.167. The number of nitrogens with zero attached hydrogens (tertiary/aromatic N) is 2. The summed E-state index contributed by atoms with van der Waals surface area (Å²) >= 11 is 0. The third-order valence-corrected chi connectivity index (χ3v) is 2.96. The van der Waals surface area contributed by atoms with Gasteiger partial charge in [0.25, 0.3) is 5.91 Å². The standard InChI is InChI=1S/C12H9BFN3O2/c13-7-3-6-10(4-8(7)14)19-2-1-17-5-9(11(15)18)16-12(6)17/h3-5H,1-2H2,(H2,15,18). The van der Waals surface area contributed by atoms with Crippen LogP contribution >= 0.6 is 0 Å². The topological polar surface area (TPSA) is 70.1 Å². The maximum Gasteiger partial charge on any atom is 0.268 e. The van der Waals surface area contributed by atoms with E-state index in [0.717, 1.165) is 0 Å². The fourth-order valence-electron chi connectivity index (χ4n) is 2.04. The molecule has 94 valence electrons. The Morgan fingerprint density at radius 2 is 2.32 bits per heavy atom. The molecule has 5 nitrogen and oxygen atoms in total. The summed E-state index contributed by atoms with van der Waals surface area (Å²) in [4.78, 5) is 15.3. The number of carbonyl (C=O) groups excluding carboxylic acids is 1. The smallest absolute Gasteiger partial charge is 0.268 e. The molecule has 0 saturated heterocycles. The number of primary amides is 1. The van der Waals surface area contributed by atoms with Crippen molar-refractivity contribution < 1.29 is 13.9 Å². The summed E-state index contributed by atoms with van der Waals surface area (Å²) in [5, 5.41) is 0. The lowest BCUT2D eigenvalue weighted by Gasteiger charge is -2.08. The van der Waals surface area contributed by atoms with Crippen LogP contribution < -0.4 is 15.9 Å².